The smallest absolute Gasteiger partial charge is 0.264 e. The number of hydrogen-bond donors (Lipinski definition) is 2. The highest BCUT2D eigenvalue weighted by Gasteiger charge is 2.14. The molecule has 1 aliphatic heterocycles. The van der Waals surface area contributed by atoms with Crippen LogP contribution in [0.2, 0.25) is 0 Å². The standard InChI is InChI=1S/C7H7BrN2O/c8-5-6-4(1-2-9-6)3-10-7(5)11/h3,9H,1-2H2,(H,10,11). The number of fused-ring (bicyclic) bond motifs is 1. The van der Waals surface area contributed by atoms with Crippen molar-refractivity contribution < 1.29 is 0 Å². The van der Waals surface area contributed by atoms with Crippen molar-refractivity contribution in [2.24, 2.45) is 0 Å². The van der Waals surface area contributed by atoms with Gasteiger partial charge in [-0.25, -0.2) is 0 Å². The number of rotatable bonds is 0. The van der Waals surface area contributed by atoms with Crippen LogP contribution in [0.1, 0.15) is 5.56 Å². The zero-order chi connectivity index (χ0) is 7.84. The van der Waals surface area contributed by atoms with E-state index in [1.165, 1.54) is 5.56 Å². The molecule has 58 valence electrons. The average Bonchev–Trinajstić information content (AvgIpc) is 2.45. The molecule has 0 aliphatic carbocycles. The normalized spacial score (nSPS) is 14.3. The van der Waals surface area contributed by atoms with E-state index in [0.29, 0.717) is 4.47 Å². The molecule has 0 atom stereocenters. The Morgan fingerprint density at radius 2 is 2.36 bits per heavy atom. The molecule has 1 aliphatic rings. The topological polar surface area (TPSA) is 44.9 Å². The van der Waals surface area contributed by atoms with E-state index in [2.05, 4.69) is 26.2 Å². The van der Waals surface area contributed by atoms with E-state index in [4.69, 9.17) is 0 Å². The summed E-state index contributed by atoms with van der Waals surface area (Å²) in [5, 5.41) is 3.14. The van der Waals surface area contributed by atoms with E-state index in [9.17, 15) is 4.79 Å². The fraction of sp³-hybridized carbons (Fsp3) is 0.286. The Morgan fingerprint density at radius 3 is 3.18 bits per heavy atom. The number of hydrogen-bond acceptors (Lipinski definition) is 2. The highest BCUT2D eigenvalue weighted by molar-refractivity contribution is 9.10. The van der Waals surface area contributed by atoms with E-state index in [1.807, 2.05) is 0 Å². The van der Waals surface area contributed by atoms with Gasteiger partial charge in [0.1, 0.15) is 4.47 Å². The van der Waals surface area contributed by atoms with E-state index in [0.717, 1.165) is 18.7 Å². The van der Waals surface area contributed by atoms with Crippen molar-refractivity contribution in [3.63, 3.8) is 0 Å². The van der Waals surface area contributed by atoms with Gasteiger partial charge >= 0.3 is 0 Å². The molecule has 3 nitrogen and oxygen atoms in total. The summed E-state index contributed by atoms with van der Waals surface area (Å²) < 4.78 is 0.618. The van der Waals surface area contributed by atoms with Gasteiger partial charge in [-0.2, -0.15) is 0 Å². The Morgan fingerprint density at radius 1 is 1.55 bits per heavy atom. The van der Waals surface area contributed by atoms with E-state index in [1.54, 1.807) is 6.20 Å². The molecule has 0 radical (unpaired) electrons. The van der Waals surface area contributed by atoms with Gasteiger partial charge in [0.15, 0.2) is 0 Å². The molecule has 0 amide bonds. The van der Waals surface area contributed by atoms with Gasteiger partial charge in [-0.1, -0.05) is 0 Å². The first-order valence-electron chi connectivity index (χ1n) is 3.43. The Labute approximate surface area is 72.0 Å². The van der Waals surface area contributed by atoms with E-state index >= 15 is 0 Å². The number of anilines is 1. The second kappa shape index (κ2) is 2.37. The SMILES string of the molecule is O=c1[nH]cc2c(c1Br)NCC2. The van der Waals surface area contributed by atoms with Gasteiger partial charge < -0.3 is 10.3 Å². The number of aromatic amines is 1. The van der Waals surface area contributed by atoms with Crippen molar-refractivity contribution in [2.75, 3.05) is 11.9 Å². The summed E-state index contributed by atoms with van der Waals surface area (Å²) in [6.45, 7) is 0.922. The molecule has 0 saturated carbocycles. The number of H-pyrrole nitrogens is 1. The molecule has 0 bridgehead atoms. The van der Waals surface area contributed by atoms with Crippen LogP contribution in [0.15, 0.2) is 15.5 Å². The third-order valence-corrected chi connectivity index (χ3v) is 2.57. The molecular formula is C7H7BrN2O. The quantitative estimate of drug-likeness (QED) is 0.680. The molecule has 0 fully saturated rings. The van der Waals surface area contributed by atoms with E-state index < -0.39 is 0 Å². The van der Waals surface area contributed by atoms with Crippen LogP contribution in [0.4, 0.5) is 5.69 Å². The van der Waals surface area contributed by atoms with Crippen molar-refractivity contribution in [1.82, 2.24) is 4.98 Å². The van der Waals surface area contributed by atoms with Gasteiger partial charge in [0, 0.05) is 12.7 Å². The average molecular weight is 215 g/mol. The maximum Gasteiger partial charge on any atom is 0.264 e. The second-order valence-corrected chi connectivity index (χ2v) is 3.30. The molecular weight excluding hydrogens is 208 g/mol. The lowest BCUT2D eigenvalue weighted by atomic mass is 10.2. The lowest BCUT2D eigenvalue weighted by Crippen LogP contribution is -2.07. The zero-order valence-corrected chi connectivity index (χ0v) is 7.36. The highest BCUT2D eigenvalue weighted by Crippen LogP contribution is 2.26. The first kappa shape index (κ1) is 6.91. The van der Waals surface area contributed by atoms with Crippen molar-refractivity contribution in [3.8, 4) is 0 Å². The molecule has 1 aromatic heterocycles. The second-order valence-electron chi connectivity index (χ2n) is 2.51. The highest BCUT2D eigenvalue weighted by atomic mass is 79.9. The predicted molar refractivity (Wildman–Crippen MR) is 47.0 cm³/mol. The molecule has 11 heavy (non-hydrogen) atoms. The lowest BCUT2D eigenvalue weighted by Gasteiger charge is -1.99. The van der Waals surface area contributed by atoms with E-state index in [-0.39, 0.29) is 5.56 Å². The van der Waals surface area contributed by atoms with Crippen molar-refractivity contribution in [2.45, 2.75) is 6.42 Å². The molecule has 2 heterocycles. The Bertz CT molecular complexity index is 345. The number of halogens is 1. The fourth-order valence-electron chi connectivity index (χ4n) is 1.25. The van der Waals surface area contributed by atoms with Crippen LogP contribution in [0.25, 0.3) is 0 Å². The summed E-state index contributed by atoms with van der Waals surface area (Å²) in [4.78, 5) is 13.7. The maximum atomic E-state index is 11.0. The summed E-state index contributed by atoms with van der Waals surface area (Å²) >= 11 is 3.22. The van der Waals surface area contributed by atoms with Crippen LogP contribution in [0.5, 0.6) is 0 Å². The van der Waals surface area contributed by atoms with Crippen molar-refractivity contribution in [3.05, 3.63) is 26.6 Å². The molecule has 1 aromatic rings. The lowest BCUT2D eigenvalue weighted by molar-refractivity contribution is 1.09. The van der Waals surface area contributed by atoms with Gasteiger partial charge in [0.2, 0.25) is 0 Å². The third-order valence-electron chi connectivity index (χ3n) is 1.81. The molecule has 4 heteroatoms. The maximum absolute atomic E-state index is 11.0. The number of pyridine rings is 1. The summed E-state index contributed by atoms with van der Waals surface area (Å²) in [7, 11) is 0. The van der Waals surface area contributed by atoms with Crippen LogP contribution >= 0.6 is 15.9 Å². The van der Waals surface area contributed by atoms with Crippen LogP contribution in [0.3, 0.4) is 0 Å². The molecule has 0 unspecified atom stereocenters. The van der Waals surface area contributed by atoms with Gasteiger partial charge in [-0.3, -0.25) is 4.79 Å². The van der Waals surface area contributed by atoms with Crippen LogP contribution < -0.4 is 10.9 Å². The van der Waals surface area contributed by atoms with Gasteiger partial charge in [-0.15, -0.1) is 0 Å². The van der Waals surface area contributed by atoms with Crippen LogP contribution in [0, 0.1) is 0 Å². The molecule has 0 aromatic carbocycles. The zero-order valence-electron chi connectivity index (χ0n) is 5.78. The van der Waals surface area contributed by atoms with Gasteiger partial charge in [0.25, 0.3) is 5.56 Å². The fourth-order valence-corrected chi connectivity index (χ4v) is 1.76. The minimum absolute atomic E-state index is 0.0712. The van der Waals surface area contributed by atoms with Crippen LogP contribution in [-0.2, 0) is 6.42 Å². The number of nitrogens with one attached hydrogen (secondary N) is 2. The molecule has 0 spiro atoms. The van der Waals surface area contributed by atoms with Gasteiger partial charge in [-0.05, 0) is 27.9 Å². The Balaban J connectivity index is 2.72. The molecule has 0 saturated heterocycles. The monoisotopic (exact) mass is 214 g/mol. The summed E-state index contributed by atoms with van der Waals surface area (Å²) in [5.41, 5.74) is 2.06. The Kier molecular flexibility index (Phi) is 1.49. The summed E-state index contributed by atoms with van der Waals surface area (Å²) in [5.74, 6) is 0. The van der Waals surface area contributed by atoms with Crippen LogP contribution in [-0.4, -0.2) is 11.5 Å². The number of aromatic nitrogens is 1. The van der Waals surface area contributed by atoms with Crippen molar-refractivity contribution >= 4 is 21.6 Å². The first-order chi connectivity index (χ1) is 5.29. The summed E-state index contributed by atoms with van der Waals surface area (Å²) in [6.07, 6.45) is 2.76. The largest absolute Gasteiger partial charge is 0.383 e. The molecule has 2 N–H and O–H groups in total. The predicted octanol–water partition coefficient (Wildman–Crippen LogP) is 1.11. The van der Waals surface area contributed by atoms with Gasteiger partial charge in [0.05, 0.1) is 5.69 Å². The molecule has 2 rings (SSSR count). The Hall–Kier alpha value is -0.770. The first-order valence-corrected chi connectivity index (χ1v) is 4.22. The minimum atomic E-state index is -0.0712. The third kappa shape index (κ3) is 0.976. The van der Waals surface area contributed by atoms with Crippen molar-refractivity contribution in [1.29, 1.82) is 0 Å². The minimum Gasteiger partial charge on any atom is -0.383 e. The summed E-state index contributed by atoms with van der Waals surface area (Å²) in [6, 6.07) is 0.